The van der Waals surface area contributed by atoms with Crippen LogP contribution in [0.3, 0.4) is 0 Å². The molecular formula is C14H23N3O2. The molecule has 0 aliphatic heterocycles. The molecule has 0 aliphatic carbocycles. The van der Waals surface area contributed by atoms with Crippen molar-refractivity contribution in [3.8, 4) is 0 Å². The SMILES string of the molecule is CCCN(CCC)Cc1ccc(NC)c([N+](=O)[O-])c1. The van der Waals surface area contributed by atoms with Gasteiger partial charge in [0.1, 0.15) is 5.69 Å². The fourth-order valence-electron chi connectivity index (χ4n) is 2.20. The van der Waals surface area contributed by atoms with Gasteiger partial charge in [0.2, 0.25) is 0 Å². The Labute approximate surface area is 114 Å². The normalized spacial score (nSPS) is 10.7. The smallest absolute Gasteiger partial charge is 0.292 e. The molecule has 0 heterocycles. The Morgan fingerprint density at radius 3 is 2.37 bits per heavy atom. The van der Waals surface area contributed by atoms with Gasteiger partial charge in [0.05, 0.1) is 4.92 Å². The monoisotopic (exact) mass is 265 g/mol. The second kappa shape index (κ2) is 7.74. The van der Waals surface area contributed by atoms with E-state index in [1.807, 2.05) is 6.07 Å². The number of nitrogens with zero attached hydrogens (tertiary/aromatic N) is 2. The lowest BCUT2D eigenvalue weighted by molar-refractivity contribution is -0.384. The third-order valence-electron chi connectivity index (χ3n) is 3.01. The summed E-state index contributed by atoms with van der Waals surface area (Å²) in [7, 11) is 1.70. The molecular weight excluding hydrogens is 242 g/mol. The highest BCUT2D eigenvalue weighted by atomic mass is 16.6. The zero-order valence-corrected chi connectivity index (χ0v) is 12.0. The Kier molecular flexibility index (Phi) is 6.29. The molecule has 1 aromatic carbocycles. The third kappa shape index (κ3) is 4.52. The van der Waals surface area contributed by atoms with Gasteiger partial charge in [-0.2, -0.15) is 0 Å². The maximum atomic E-state index is 11.0. The molecule has 5 heteroatoms. The molecule has 106 valence electrons. The van der Waals surface area contributed by atoms with Crippen LogP contribution in [0.2, 0.25) is 0 Å². The predicted molar refractivity (Wildman–Crippen MR) is 78.5 cm³/mol. The highest BCUT2D eigenvalue weighted by Gasteiger charge is 2.14. The quantitative estimate of drug-likeness (QED) is 0.579. The number of rotatable bonds is 8. The summed E-state index contributed by atoms with van der Waals surface area (Å²) in [6.45, 7) is 7.11. The standard InChI is InChI=1S/C14H23N3O2/c1-4-8-16(9-5-2)11-12-6-7-13(15-3)14(10-12)17(18)19/h6-7,10,15H,4-5,8-9,11H2,1-3H3. The van der Waals surface area contributed by atoms with E-state index in [-0.39, 0.29) is 10.6 Å². The van der Waals surface area contributed by atoms with Gasteiger partial charge in [-0.25, -0.2) is 0 Å². The highest BCUT2D eigenvalue weighted by Crippen LogP contribution is 2.25. The molecule has 0 unspecified atom stereocenters. The van der Waals surface area contributed by atoms with Gasteiger partial charge in [0.15, 0.2) is 0 Å². The summed E-state index contributed by atoms with van der Waals surface area (Å²) in [5.41, 5.74) is 1.70. The molecule has 19 heavy (non-hydrogen) atoms. The topological polar surface area (TPSA) is 58.4 Å². The third-order valence-corrected chi connectivity index (χ3v) is 3.01. The summed E-state index contributed by atoms with van der Waals surface area (Å²) in [6, 6.07) is 5.41. The Hall–Kier alpha value is -1.62. The van der Waals surface area contributed by atoms with Gasteiger partial charge in [0, 0.05) is 19.7 Å². The van der Waals surface area contributed by atoms with Crippen LogP contribution >= 0.6 is 0 Å². The van der Waals surface area contributed by atoms with Gasteiger partial charge in [-0.15, -0.1) is 0 Å². The number of hydrogen-bond donors (Lipinski definition) is 1. The number of nitrogens with one attached hydrogen (secondary N) is 1. The summed E-state index contributed by atoms with van der Waals surface area (Å²) in [6.07, 6.45) is 2.19. The van der Waals surface area contributed by atoms with Crippen LogP contribution < -0.4 is 5.32 Å². The van der Waals surface area contributed by atoms with Gasteiger partial charge in [-0.1, -0.05) is 19.9 Å². The average molecular weight is 265 g/mol. The van der Waals surface area contributed by atoms with E-state index in [4.69, 9.17) is 0 Å². The van der Waals surface area contributed by atoms with Gasteiger partial charge >= 0.3 is 0 Å². The lowest BCUT2D eigenvalue weighted by Gasteiger charge is -2.21. The van der Waals surface area contributed by atoms with Crippen LogP contribution in [0.15, 0.2) is 18.2 Å². The molecule has 0 saturated heterocycles. The van der Waals surface area contributed by atoms with Crippen molar-refractivity contribution in [2.24, 2.45) is 0 Å². The summed E-state index contributed by atoms with van der Waals surface area (Å²) in [4.78, 5) is 13.0. The first kappa shape index (κ1) is 15.4. The lowest BCUT2D eigenvalue weighted by Crippen LogP contribution is -2.24. The van der Waals surface area contributed by atoms with Gasteiger partial charge in [-0.05, 0) is 37.6 Å². The van der Waals surface area contributed by atoms with Crippen LogP contribution in [-0.4, -0.2) is 30.0 Å². The van der Waals surface area contributed by atoms with Crippen LogP contribution in [0.5, 0.6) is 0 Å². The second-order valence-electron chi connectivity index (χ2n) is 4.63. The van der Waals surface area contributed by atoms with E-state index < -0.39 is 0 Å². The van der Waals surface area contributed by atoms with Crippen LogP contribution in [0.25, 0.3) is 0 Å². The van der Waals surface area contributed by atoms with Crippen molar-refractivity contribution in [3.05, 3.63) is 33.9 Å². The maximum absolute atomic E-state index is 11.0. The van der Waals surface area contributed by atoms with Crippen molar-refractivity contribution < 1.29 is 4.92 Å². The molecule has 0 saturated carbocycles. The van der Waals surface area contributed by atoms with E-state index in [9.17, 15) is 10.1 Å². The van der Waals surface area contributed by atoms with Crippen molar-refractivity contribution in [2.45, 2.75) is 33.2 Å². The van der Waals surface area contributed by atoms with Crippen molar-refractivity contribution >= 4 is 11.4 Å². The van der Waals surface area contributed by atoms with Crippen molar-refractivity contribution in [3.63, 3.8) is 0 Å². The first-order chi connectivity index (χ1) is 9.12. The van der Waals surface area contributed by atoms with E-state index in [2.05, 4.69) is 24.1 Å². The van der Waals surface area contributed by atoms with E-state index in [1.54, 1.807) is 19.2 Å². The molecule has 5 nitrogen and oxygen atoms in total. The van der Waals surface area contributed by atoms with Crippen LogP contribution in [0.1, 0.15) is 32.3 Å². The average Bonchev–Trinajstić information content (AvgIpc) is 2.39. The van der Waals surface area contributed by atoms with E-state index in [0.29, 0.717) is 5.69 Å². The van der Waals surface area contributed by atoms with Crippen molar-refractivity contribution in [2.75, 3.05) is 25.5 Å². The maximum Gasteiger partial charge on any atom is 0.292 e. The van der Waals surface area contributed by atoms with Crippen LogP contribution in [0.4, 0.5) is 11.4 Å². The van der Waals surface area contributed by atoms with Crippen molar-refractivity contribution in [1.29, 1.82) is 0 Å². The van der Waals surface area contributed by atoms with E-state index in [1.165, 1.54) is 0 Å². The number of hydrogen-bond acceptors (Lipinski definition) is 4. The molecule has 0 aromatic heterocycles. The predicted octanol–water partition coefficient (Wildman–Crippen LogP) is 3.26. The fraction of sp³-hybridized carbons (Fsp3) is 0.571. The zero-order valence-electron chi connectivity index (χ0n) is 12.0. The minimum Gasteiger partial charge on any atom is -0.383 e. The zero-order chi connectivity index (χ0) is 14.3. The Morgan fingerprint density at radius 2 is 1.89 bits per heavy atom. The molecule has 1 aromatic rings. The lowest BCUT2D eigenvalue weighted by atomic mass is 10.1. The first-order valence-electron chi connectivity index (χ1n) is 6.79. The molecule has 0 amide bonds. The van der Waals surface area contributed by atoms with Gasteiger partial charge in [0.25, 0.3) is 5.69 Å². The Morgan fingerprint density at radius 1 is 1.26 bits per heavy atom. The van der Waals surface area contributed by atoms with Crippen LogP contribution in [-0.2, 0) is 6.54 Å². The summed E-state index contributed by atoms with van der Waals surface area (Å²) in [5.74, 6) is 0. The molecule has 0 aliphatic rings. The molecule has 1 rings (SSSR count). The first-order valence-corrected chi connectivity index (χ1v) is 6.79. The van der Waals surface area contributed by atoms with Gasteiger partial charge in [-0.3, -0.25) is 15.0 Å². The molecule has 1 N–H and O–H groups in total. The minimum atomic E-state index is -0.334. The second-order valence-corrected chi connectivity index (χ2v) is 4.63. The molecule has 0 radical (unpaired) electrons. The Balaban J connectivity index is 2.88. The van der Waals surface area contributed by atoms with Crippen molar-refractivity contribution in [1.82, 2.24) is 4.90 Å². The number of benzene rings is 1. The molecule has 0 fully saturated rings. The van der Waals surface area contributed by atoms with Crippen LogP contribution in [0, 0.1) is 10.1 Å². The summed E-state index contributed by atoms with van der Waals surface area (Å²) < 4.78 is 0. The molecule has 0 bridgehead atoms. The Bertz CT molecular complexity index is 415. The highest BCUT2D eigenvalue weighted by molar-refractivity contribution is 5.62. The molecule has 0 atom stereocenters. The number of nitro benzene ring substituents is 1. The van der Waals surface area contributed by atoms with E-state index >= 15 is 0 Å². The van der Waals surface area contributed by atoms with E-state index in [0.717, 1.165) is 38.0 Å². The number of anilines is 1. The minimum absolute atomic E-state index is 0.146. The van der Waals surface area contributed by atoms with Gasteiger partial charge < -0.3 is 5.32 Å². The summed E-state index contributed by atoms with van der Waals surface area (Å²) >= 11 is 0. The molecule has 0 spiro atoms. The number of nitro groups is 1. The fourth-order valence-corrected chi connectivity index (χ4v) is 2.20. The largest absolute Gasteiger partial charge is 0.383 e. The summed E-state index contributed by atoms with van der Waals surface area (Å²) in [5, 5.41) is 13.9.